The highest BCUT2D eigenvalue weighted by Crippen LogP contribution is 2.40. The van der Waals surface area contributed by atoms with E-state index in [0.29, 0.717) is 49.7 Å². The number of anilines is 1. The SMILES string of the molecule is COc1nc(N2CC3(CCN(C(=O)CO)CC3)N(Cc3cccc(F)c3C)C2=O)ccc1C1CNNC1. The second-order valence-electron chi connectivity index (χ2n) is 9.97. The van der Waals surface area contributed by atoms with Crippen molar-refractivity contribution in [1.29, 1.82) is 0 Å². The molecular weight excluding hydrogens is 479 g/mol. The predicted molar refractivity (Wildman–Crippen MR) is 135 cm³/mol. The third-order valence-corrected chi connectivity index (χ3v) is 7.98. The Kier molecular flexibility index (Phi) is 7.02. The highest BCUT2D eigenvalue weighted by atomic mass is 19.1. The van der Waals surface area contributed by atoms with E-state index in [0.717, 1.165) is 24.2 Å². The Morgan fingerprint density at radius 3 is 2.62 bits per heavy atom. The molecule has 0 atom stereocenters. The van der Waals surface area contributed by atoms with Crippen LogP contribution in [0.15, 0.2) is 30.3 Å². The van der Waals surface area contributed by atoms with Crippen molar-refractivity contribution in [2.75, 3.05) is 51.3 Å². The number of aliphatic hydroxyl groups is 1. The summed E-state index contributed by atoms with van der Waals surface area (Å²) in [5.41, 5.74) is 7.89. The average molecular weight is 513 g/mol. The summed E-state index contributed by atoms with van der Waals surface area (Å²) in [7, 11) is 1.58. The summed E-state index contributed by atoms with van der Waals surface area (Å²) in [6.07, 6.45) is 1.09. The molecule has 4 heterocycles. The van der Waals surface area contributed by atoms with Gasteiger partial charge in [0.05, 0.1) is 19.2 Å². The van der Waals surface area contributed by atoms with Crippen LogP contribution in [-0.4, -0.2) is 83.8 Å². The quantitative estimate of drug-likeness (QED) is 0.539. The number of pyridine rings is 1. The average Bonchev–Trinajstić information content (AvgIpc) is 3.54. The predicted octanol–water partition coefficient (Wildman–Crippen LogP) is 1.52. The smallest absolute Gasteiger partial charge is 0.326 e. The van der Waals surface area contributed by atoms with Crippen molar-refractivity contribution in [2.24, 2.45) is 0 Å². The van der Waals surface area contributed by atoms with Gasteiger partial charge in [0.1, 0.15) is 18.2 Å². The molecule has 37 heavy (non-hydrogen) atoms. The molecule has 3 aliphatic heterocycles. The van der Waals surface area contributed by atoms with Crippen molar-refractivity contribution >= 4 is 17.8 Å². The van der Waals surface area contributed by atoms with Crippen LogP contribution in [0.1, 0.15) is 35.4 Å². The van der Waals surface area contributed by atoms with Crippen molar-refractivity contribution in [3.8, 4) is 5.88 Å². The molecule has 1 aromatic carbocycles. The van der Waals surface area contributed by atoms with E-state index in [2.05, 4.69) is 10.9 Å². The first-order valence-electron chi connectivity index (χ1n) is 12.6. The Labute approximate surface area is 215 Å². The number of carbonyl (C=O) groups excluding carboxylic acids is 2. The number of urea groups is 1. The van der Waals surface area contributed by atoms with Gasteiger partial charge < -0.3 is 19.6 Å². The number of hydrazine groups is 1. The molecule has 1 spiro atoms. The molecule has 0 saturated carbocycles. The first-order chi connectivity index (χ1) is 17.9. The Bertz CT molecular complexity index is 1180. The summed E-state index contributed by atoms with van der Waals surface area (Å²) in [5.74, 6) is 0.560. The Hall–Kier alpha value is -3.28. The standard InChI is InChI=1S/C26H33FN6O4/c1-17-18(4-3-5-21(17)27)14-33-25(36)32(16-26(33)8-10-31(11-9-26)23(35)15-34)22-7-6-20(24(30-22)37-2)19-12-28-29-13-19/h3-7,19,28-29,34H,8-16H2,1-2H3. The van der Waals surface area contributed by atoms with Crippen LogP contribution < -0.4 is 20.5 Å². The molecule has 11 heteroatoms. The monoisotopic (exact) mass is 512 g/mol. The highest BCUT2D eigenvalue weighted by molar-refractivity contribution is 5.94. The van der Waals surface area contributed by atoms with Gasteiger partial charge in [0, 0.05) is 44.2 Å². The van der Waals surface area contributed by atoms with Crippen LogP contribution in [-0.2, 0) is 11.3 Å². The number of methoxy groups -OCH3 is 1. The second kappa shape index (κ2) is 10.2. The lowest BCUT2D eigenvalue weighted by molar-refractivity contribution is -0.136. The number of carbonyl (C=O) groups is 2. The number of aromatic nitrogens is 1. The number of ether oxygens (including phenoxy) is 1. The fourth-order valence-corrected chi connectivity index (χ4v) is 5.65. The number of piperidine rings is 1. The fourth-order valence-electron chi connectivity index (χ4n) is 5.65. The normalized spacial score (nSPS) is 19.8. The van der Waals surface area contributed by atoms with Gasteiger partial charge in [0.2, 0.25) is 11.8 Å². The van der Waals surface area contributed by atoms with Crippen molar-refractivity contribution in [3.63, 3.8) is 0 Å². The van der Waals surface area contributed by atoms with Crippen LogP contribution in [0.4, 0.5) is 15.0 Å². The molecule has 3 aliphatic rings. The van der Waals surface area contributed by atoms with E-state index < -0.39 is 12.1 Å². The summed E-state index contributed by atoms with van der Waals surface area (Å²) in [6, 6.07) is 8.51. The summed E-state index contributed by atoms with van der Waals surface area (Å²) in [5, 5.41) is 9.30. The van der Waals surface area contributed by atoms with Gasteiger partial charge in [-0.2, -0.15) is 4.98 Å². The van der Waals surface area contributed by atoms with Crippen LogP contribution in [0.5, 0.6) is 5.88 Å². The van der Waals surface area contributed by atoms with Gasteiger partial charge in [-0.3, -0.25) is 20.5 Å². The Balaban J connectivity index is 1.47. The van der Waals surface area contributed by atoms with Crippen LogP contribution in [0.3, 0.4) is 0 Å². The summed E-state index contributed by atoms with van der Waals surface area (Å²) < 4.78 is 19.9. The van der Waals surface area contributed by atoms with E-state index in [4.69, 9.17) is 9.72 Å². The van der Waals surface area contributed by atoms with Crippen molar-refractivity contribution in [2.45, 2.75) is 37.8 Å². The maximum Gasteiger partial charge on any atom is 0.326 e. The number of nitrogens with one attached hydrogen (secondary N) is 2. The minimum atomic E-state index is -0.561. The first kappa shape index (κ1) is 25.4. The van der Waals surface area contributed by atoms with E-state index in [1.807, 2.05) is 23.1 Å². The molecule has 0 unspecified atom stereocenters. The molecule has 5 rings (SSSR count). The summed E-state index contributed by atoms with van der Waals surface area (Å²) in [6.45, 7) is 4.19. The number of rotatable bonds is 6. The third-order valence-electron chi connectivity index (χ3n) is 7.98. The molecule has 1 aromatic heterocycles. The van der Waals surface area contributed by atoms with E-state index in [1.165, 1.54) is 6.07 Å². The number of hydrogen-bond donors (Lipinski definition) is 3. The van der Waals surface area contributed by atoms with Gasteiger partial charge in [0.15, 0.2) is 0 Å². The number of benzene rings is 1. The minimum absolute atomic E-state index is 0.206. The summed E-state index contributed by atoms with van der Waals surface area (Å²) >= 11 is 0. The zero-order valence-electron chi connectivity index (χ0n) is 21.2. The zero-order valence-corrected chi connectivity index (χ0v) is 21.2. The van der Waals surface area contributed by atoms with Gasteiger partial charge >= 0.3 is 6.03 Å². The molecule has 3 fully saturated rings. The van der Waals surface area contributed by atoms with Crippen molar-refractivity contribution < 1.29 is 23.8 Å². The van der Waals surface area contributed by atoms with Gasteiger partial charge in [0.25, 0.3) is 0 Å². The maximum atomic E-state index is 14.3. The summed E-state index contributed by atoms with van der Waals surface area (Å²) in [4.78, 5) is 35.8. The molecule has 0 radical (unpaired) electrons. The van der Waals surface area contributed by atoms with Crippen LogP contribution >= 0.6 is 0 Å². The number of hydrogen-bond acceptors (Lipinski definition) is 7. The number of halogens is 1. The Morgan fingerprint density at radius 2 is 1.95 bits per heavy atom. The second-order valence-corrected chi connectivity index (χ2v) is 9.97. The topological polar surface area (TPSA) is 110 Å². The molecule has 0 bridgehead atoms. The molecule has 2 aromatic rings. The number of aliphatic hydroxyl groups excluding tert-OH is 1. The van der Waals surface area contributed by atoms with Crippen LogP contribution in [0, 0.1) is 12.7 Å². The molecule has 0 aliphatic carbocycles. The van der Waals surface area contributed by atoms with Gasteiger partial charge in [-0.25, -0.2) is 9.18 Å². The van der Waals surface area contributed by atoms with Crippen LogP contribution in [0.2, 0.25) is 0 Å². The molecule has 198 valence electrons. The van der Waals surface area contributed by atoms with E-state index in [-0.39, 0.29) is 30.2 Å². The van der Waals surface area contributed by atoms with E-state index >= 15 is 0 Å². The van der Waals surface area contributed by atoms with Gasteiger partial charge in [-0.05, 0) is 49.1 Å². The van der Waals surface area contributed by atoms with E-state index in [9.17, 15) is 19.1 Å². The molecule has 3 saturated heterocycles. The number of likely N-dealkylation sites (tertiary alicyclic amines) is 1. The lowest BCUT2D eigenvalue weighted by atomic mass is 9.86. The maximum absolute atomic E-state index is 14.3. The van der Waals surface area contributed by atoms with Crippen LogP contribution in [0.25, 0.3) is 0 Å². The Morgan fingerprint density at radius 1 is 1.22 bits per heavy atom. The van der Waals surface area contributed by atoms with Gasteiger partial charge in [-0.1, -0.05) is 12.1 Å². The largest absolute Gasteiger partial charge is 0.481 e. The fraction of sp³-hybridized carbons (Fsp3) is 0.500. The lowest BCUT2D eigenvalue weighted by Gasteiger charge is -2.43. The van der Waals surface area contributed by atoms with Crippen molar-refractivity contribution in [1.82, 2.24) is 25.6 Å². The number of amides is 3. The van der Waals surface area contributed by atoms with E-state index in [1.54, 1.807) is 29.9 Å². The highest BCUT2D eigenvalue weighted by Gasteiger charge is 2.52. The molecule has 3 N–H and O–H groups in total. The zero-order chi connectivity index (χ0) is 26.2. The number of nitrogens with zero attached hydrogens (tertiary/aromatic N) is 4. The third kappa shape index (κ3) is 4.62. The van der Waals surface area contributed by atoms with Crippen molar-refractivity contribution in [3.05, 3.63) is 52.8 Å². The molecule has 3 amide bonds. The lowest BCUT2D eigenvalue weighted by Crippen LogP contribution is -2.55. The molecular formula is C26H33FN6O4. The minimum Gasteiger partial charge on any atom is -0.481 e. The first-order valence-corrected chi connectivity index (χ1v) is 12.6. The molecule has 10 nitrogen and oxygen atoms in total. The van der Waals surface area contributed by atoms with Gasteiger partial charge in [-0.15, -0.1) is 0 Å².